The van der Waals surface area contributed by atoms with Crippen LogP contribution < -0.4 is 10.6 Å². The molecule has 0 aliphatic carbocycles. The first kappa shape index (κ1) is 16.8. The van der Waals surface area contributed by atoms with E-state index in [-0.39, 0.29) is 5.92 Å². The number of hydrogen-bond acceptors (Lipinski definition) is 3. The van der Waals surface area contributed by atoms with Crippen LogP contribution in [0.2, 0.25) is 4.34 Å². The predicted octanol–water partition coefficient (Wildman–Crippen LogP) is 2.74. The fourth-order valence-electron chi connectivity index (χ4n) is 1.69. The highest BCUT2D eigenvalue weighted by atomic mass is 35.5. The normalized spacial score (nSPS) is 12.2. The predicted molar refractivity (Wildman–Crippen MR) is 80.4 cm³/mol. The number of carbonyl (C=O) groups excluding carboxylic acids is 1. The van der Waals surface area contributed by atoms with Gasteiger partial charge in [-0.15, -0.1) is 11.3 Å². The molecule has 1 aromatic rings. The minimum Gasteiger partial charge on any atom is -0.480 e. The number of carboxylic acid groups (broad SMARTS) is 1. The number of aliphatic carboxylic acids is 1. The molecule has 0 saturated heterocycles. The zero-order valence-electron chi connectivity index (χ0n) is 11.5. The minimum absolute atomic E-state index is 0.199. The van der Waals surface area contributed by atoms with Crippen molar-refractivity contribution in [3.63, 3.8) is 0 Å². The van der Waals surface area contributed by atoms with Crippen LogP contribution in [-0.2, 0) is 11.2 Å². The topological polar surface area (TPSA) is 78.4 Å². The van der Waals surface area contributed by atoms with Crippen LogP contribution in [0.15, 0.2) is 12.1 Å². The highest BCUT2D eigenvalue weighted by Crippen LogP contribution is 2.21. The molecule has 1 aromatic heterocycles. The lowest BCUT2D eigenvalue weighted by atomic mass is 10.0. The second kappa shape index (κ2) is 8.11. The molecule has 1 atom stereocenters. The maximum Gasteiger partial charge on any atom is 0.326 e. The first-order chi connectivity index (χ1) is 9.38. The van der Waals surface area contributed by atoms with Gasteiger partial charge in [0.1, 0.15) is 6.04 Å². The van der Waals surface area contributed by atoms with Gasteiger partial charge in [0.15, 0.2) is 0 Å². The average Bonchev–Trinajstić information content (AvgIpc) is 2.73. The lowest BCUT2D eigenvalue weighted by Gasteiger charge is -2.16. The summed E-state index contributed by atoms with van der Waals surface area (Å²) in [6.07, 6.45) is 1.08. The van der Waals surface area contributed by atoms with Crippen molar-refractivity contribution < 1.29 is 14.7 Å². The SMILES string of the molecule is CC(C)C[C@@H](NC(=O)NCCc1ccc(Cl)s1)C(=O)O. The first-order valence-corrected chi connectivity index (χ1v) is 7.59. The molecule has 1 rings (SSSR count). The molecule has 0 spiro atoms. The van der Waals surface area contributed by atoms with Crippen LogP contribution in [0.5, 0.6) is 0 Å². The van der Waals surface area contributed by atoms with E-state index in [9.17, 15) is 9.59 Å². The standard InChI is InChI=1S/C13H19ClN2O3S/c1-8(2)7-10(12(17)18)16-13(19)15-6-5-9-3-4-11(14)20-9/h3-4,8,10H,5-7H2,1-2H3,(H,17,18)(H2,15,16,19)/t10-/m1/s1. The third-order valence-corrected chi connectivity index (χ3v) is 3.89. The van der Waals surface area contributed by atoms with Gasteiger partial charge in [-0.25, -0.2) is 9.59 Å². The van der Waals surface area contributed by atoms with E-state index in [1.807, 2.05) is 26.0 Å². The lowest BCUT2D eigenvalue weighted by molar-refractivity contribution is -0.139. The Morgan fingerprint density at radius 3 is 2.60 bits per heavy atom. The maximum absolute atomic E-state index is 11.6. The van der Waals surface area contributed by atoms with Gasteiger partial charge in [0.2, 0.25) is 0 Å². The smallest absolute Gasteiger partial charge is 0.326 e. The molecule has 0 aromatic carbocycles. The van der Waals surface area contributed by atoms with Gasteiger partial charge in [0.25, 0.3) is 0 Å². The van der Waals surface area contributed by atoms with Crippen molar-refractivity contribution >= 4 is 34.9 Å². The summed E-state index contributed by atoms with van der Waals surface area (Å²) in [6.45, 7) is 4.27. The van der Waals surface area contributed by atoms with Gasteiger partial charge in [-0.05, 0) is 30.9 Å². The van der Waals surface area contributed by atoms with Crippen LogP contribution >= 0.6 is 22.9 Å². The largest absolute Gasteiger partial charge is 0.480 e. The van der Waals surface area contributed by atoms with Crippen molar-refractivity contribution in [2.75, 3.05) is 6.54 Å². The Bertz CT molecular complexity index is 462. The number of halogens is 1. The third-order valence-electron chi connectivity index (χ3n) is 2.60. The molecule has 7 heteroatoms. The van der Waals surface area contributed by atoms with Gasteiger partial charge in [-0.1, -0.05) is 25.4 Å². The van der Waals surface area contributed by atoms with E-state index in [1.54, 1.807) is 0 Å². The van der Waals surface area contributed by atoms with E-state index in [0.29, 0.717) is 23.7 Å². The van der Waals surface area contributed by atoms with Crippen LogP contribution in [0.4, 0.5) is 4.79 Å². The molecule has 0 unspecified atom stereocenters. The van der Waals surface area contributed by atoms with Gasteiger partial charge in [0, 0.05) is 11.4 Å². The van der Waals surface area contributed by atoms with Crippen LogP contribution in [-0.4, -0.2) is 29.7 Å². The molecule has 5 nitrogen and oxygen atoms in total. The highest BCUT2D eigenvalue weighted by Gasteiger charge is 2.20. The monoisotopic (exact) mass is 318 g/mol. The Morgan fingerprint density at radius 1 is 1.40 bits per heavy atom. The zero-order valence-corrected chi connectivity index (χ0v) is 13.1. The Labute approximate surface area is 127 Å². The van der Waals surface area contributed by atoms with Gasteiger partial charge in [0.05, 0.1) is 4.34 Å². The molecule has 0 aliphatic rings. The van der Waals surface area contributed by atoms with Crippen molar-refractivity contribution in [2.24, 2.45) is 5.92 Å². The molecule has 2 amide bonds. The van der Waals surface area contributed by atoms with Crippen molar-refractivity contribution in [1.29, 1.82) is 0 Å². The molecule has 0 fully saturated rings. The highest BCUT2D eigenvalue weighted by molar-refractivity contribution is 7.16. The molecule has 0 radical (unpaired) electrons. The van der Waals surface area contributed by atoms with Crippen molar-refractivity contribution in [2.45, 2.75) is 32.7 Å². The summed E-state index contributed by atoms with van der Waals surface area (Å²) in [5.41, 5.74) is 0. The van der Waals surface area contributed by atoms with Crippen LogP contribution in [0, 0.1) is 5.92 Å². The second-order valence-corrected chi connectivity index (χ2v) is 6.68. The Hall–Kier alpha value is -1.27. The van der Waals surface area contributed by atoms with Crippen molar-refractivity contribution in [1.82, 2.24) is 10.6 Å². The summed E-state index contributed by atoms with van der Waals surface area (Å²) < 4.78 is 0.715. The van der Waals surface area contributed by atoms with E-state index < -0.39 is 18.0 Å². The van der Waals surface area contributed by atoms with Gasteiger partial charge >= 0.3 is 12.0 Å². The van der Waals surface area contributed by atoms with Crippen molar-refractivity contribution in [3.05, 3.63) is 21.3 Å². The molecular formula is C13H19ClN2O3S. The van der Waals surface area contributed by atoms with E-state index in [0.717, 1.165) is 4.88 Å². The van der Waals surface area contributed by atoms with Crippen LogP contribution in [0.25, 0.3) is 0 Å². The number of amides is 2. The summed E-state index contributed by atoms with van der Waals surface area (Å²) in [5.74, 6) is -0.816. The Morgan fingerprint density at radius 2 is 2.10 bits per heavy atom. The first-order valence-electron chi connectivity index (χ1n) is 6.40. The summed E-state index contributed by atoms with van der Waals surface area (Å²) in [5, 5.41) is 14.1. The number of carboxylic acids is 1. The summed E-state index contributed by atoms with van der Waals surface area (Å²) >= 11 is 7.27. The van der Waals surface area contributed by atoms with Gasteiger partial charge in [-0.2, -0.15) is 0 Å². The molecule has 0 aliphatic heterocycles. The van der Waals surface area contributed by atoms with E-state index in [1.165, 1.54) is 11.3 Å². The second-order valence-electron chi connectivity index (χ2n) is 4.88. The quantitative estimate of drug-likeness (QED) is 0.723. The average molecular weight is 319 g/mol. The molecular weight excluding hydrogens is 300 g/mol. The molecule has 1 heterocycles. The molecule has 112 valence electrons. The number of urea groups is 1. The molecule has 20 heavy (non-hydrogen) atoms. The van der Waals surface area contributed by atoms with E-state index >= 15 is 0 Å². The summed E-state index contributed by atoms with van der Waals surface area (Å²) in [4.78, 5) is 23.7. The molecule has 0 saturated carbocycles. The number of thiophene rings is 1. The number of hydrogen-bond donors (Lipinski definition) is 3. The lowest BCUT2D eigenvalue weighted by Crippen LogP contribution is -2.47. The summed E-state index contributed by atoms with van der Waals surface area (Å²) in [6, 6.07) is 2.41. The Kier molecular flexibility index (Phi) is 6.81. The third kappa shape index (κ3) is 6.25. The van der Waals surface area contributed by atoms with Crippen molar-refractivity contribution in [3.8, 4) is 0 Å². The minimum atomic E-state index is -1.01. The Balaban J connectivity index is 2.32. The van der Waals surface area contributed by atoms with Crippen LogP contribution in [0.3, 0.4) is 0 Å². The molecule has 0 bridgehead atoms. The van der Waals surface area contributed by atoms with E-state index in [2.05, 4.69) is 10.6 Å². The number of rotatable bonds is 7. The maximum atomic E-state index is 11.6. The number of carbonyl (C=O) groups is 2. The van der Waals surface area contributed by atoms with E-state index in [4.69, 9.17) is 16.7 Å². The summed E-state index contributed by atoms with van der Waals surface area (Å²) in [7, 11) is 0. The van der Waals surface area contributed by atoms with Crippen LogP contribution in [0.1, 0.15) is 25.1 Å². The molecule has 3 N–H and O–H groups in total. The fourth-order valence-corrected chi connectivity index (χ4v) is 2.77. The van der Waals surface area contributed by atoms with Gasteiger partial charge in [-0.3, -0.25) is 0 Å². The zero-order chi connectivity index (χ0) is 15.1. The fraction of sp³-hybridized carbons (Fsp3) is 0.538. The number of nitrogens with one attached hydrogen (secondary N) is 2. The van der Waals surface area contributed by atoms with Gasteiger partial charge < -0.3 is 15.7 Å².